The second-order valence-corrected chi connectivity index (χ2v) is 6.87. The third-order valence-corrected chi connectivity index (χ3v) is 4.61. The fourth-order valence-corrected chi connectivity index (χ4v) is 3.03. The molecule has 1 atom stereocenters. The molecule has 0 aromatic heterocycles. The smallest absolute Gasteiger partial charge is 0.305 e. The molecule has 6 nitrogen and oxygen atoms in total. The monoisotopic (exact) mass is 385 g/mol. The van der Waals surface area contributed by atoms with E-state index in [4.69, 9.17) is 16.7 Å². The second kappa shape index (κ2) is 8.22. The first kappa shape index (κ1) is 18.9. The van der Waals surface area contributed by atoms with Gasteiger partial charge in [-0.05, 0) is 48.9 Å². The first-order valence-electron chi connectivity index (χ1n) is 8.62. The van der Waals surface area contributed by atoms with Crippen LogP contribution in [-0.4, -0.2) is 29.2 Å². The third-order valence-electron chi connectivity index (χ3n) is 4.36. The van der Waals surface area contributed by atoms with Gasteiger partial charge in [-0.15, -0.1) is 0 Å². The molecule has 2 aromatic rings. The molecule has 140 valence electrons. The van der Waals surface area contributed by atoms with Crippen LogP contribution >= 0.6 is 11.6 Å². The van der Waals surface area contributed by atoms with Gasteiger partial charge in [-0.3, -0.25) is 14.6 Å². The normalized spacial score (nSPS) is 14.6. The number of hydrogen-bond donors (Lipinski definition) is 2. The summed E-state index contributed by atoms with van der Waals surface area (Å²) in [5, 5.41) is 18.8. The Labute approximate surface area is 162 Å². The molecule has 0 aliphatic carbocycles. The van der Waals surface area contributed by atoms with E-state index >= 15 is 0 Å². The van der Waals surface area contributed by atoms with Crippen molar-refractivity contribution >= 4 is 34.9 Å². The first-order valence-corrected chi connectivity index (χ1v) is 9.00. The second-order valence-electron chi connectivity index (χ2n) is 6.43. The van der Waals surface area contributed by atoms with E-state index in [0.29, 0.717) is 16.1 Å². The van der Waals surface area contributed by atoms with E-state index in [-0.39, 0.29) is 12.3 Å². The van der Waals surface area contributed by atoms with Crippen LogP contribution in [0.25, 0.3) is 0 Å². The highest BCUT2D eigenvalue weighted by Gasteiger charge is 2.19. The quantitative estimate of drug-likeness (QED) is 0.790. The van der Waals surface area contributed by atoms with Crippen LogP contribution in [0, 0.1) is 0 Å². The third kappa shape index (κ3) is 4.86. The van der Waals surface area contributed by atoms with Crippen LogP contribution in [0.1, 0.15) is 41.7 Å². The van der Waals surface area contributed by atoms with E-state index in [2.05, 4.69) is 10.4 Å². The number of carbonyl (C=O) groups is 2. The van der Waals surface area contributed by atoms with Crippen molar-refractivity contribution in [2.75, 3.05) is 11.6 Å². The lowest BCUT2D eigenvalue weighted by Crippen LogP contribution is -2.30. The van der Waals surface area contributed by atoms with Crippen LogP contribution in [0.2, 0.25) is 5.02 Å². The highest BCUT2D eigenvalue weighted by molar-refractivity contribution is 6.30. The van der Waals surface area contributed by atoms with Gasteiger partial charge in [0.1, 0.15) is 0 Å². The Morgan fingerprint density at radius 2 is 1.85 bits per heavy atom. The van der Waals surface area contributed by atoms with E-state index < -0.39 is 12.0 Å². The van der Waals surface area contributed by atoms with Gasteiger partial charge < -0.3 is 10.4 Å². The number of aliphatic carboxylic acids is 1. The number of hydrogen-bond acceptors (Lipinski definition) is 4. The molecule has 3 rings (SSSR count). The minimum Gasteiger partial charge on any atom is -0.481 e. The number of nitrogens with zero attached hydrogens (tertiary/aromatic N) is 2. The first-order chi connectivity index (χ1) is 12.9. The van der Waals surface area contributed by atoms with Crippen LogP contribution in [0.15, 0.2) is 53.6 Å². The summed E-state index contributed by atoms with van der Waals surface area (Å²) >= 11 is 5.88. The van der Waals surface area contributed by atoms with Crippen molar-refractivity contribution in [1.82, 2.24) is 5.32 Å². The van der Waals surface area contributed by atoms with Gasteiger partial charge in [0.05, 0.1) is 18.2 Å². The minimum absolute atomic E-state index is 0.215. The summed E-state index contributed by atoms with van der Waals surface area (Å²) in [4.78, 5) is 23.8. The fraction of sp³-hybridized carbons (Fsp3) is 0.250. The number of carboxylic acid groups (broad SMARTS) is 1. The van der Waals surface area contributed by atoms with Gasteiger partial charge in [0.2, 0.25) is 0 Å². The van der Waals surface area contributed by atoms with Gasteiger partial charge in [0, 0.05) is 29.3 Å². The van der Waals surface area contributed by atoms with Crippen LogP contribution in [0.5, 0.6) is 0 Å². The van der Waals surface area contributed by atoms with Crippen LogP contribution in [-0.2, 0) is 4.79 Å². The number of carboxylic acids is 1. The molecule has 0 bridgehead atoms. The van der Waals surface area contributed by atoms with Crippen LogP contribution < -0.4 is 10.3 Å². The Bertz CT molecular complexity index is 863. The molecular weight excluding hydrogens is 366 g/mol. The summed E-state index contributed by atoms with van der Waals surface area (Å²) in [6, 6.07) is 13.2. The van der Waals surface area contributed by atoms with Crippen LogP contribution in [0.3, 0.4) is 0 Å². The largest absolute Gasteiger partial charge is 0.481 e. The van der Waals surface area contributed by atoms with E-state index in [9.17, 15) is 9.59 Å². The maximum atomic E-state index is 12.6. The Hall–Kier alpha value is -2.86. The summed E-state index contributed by atoms with van der Waals surface area (Å²) in [5.41, 5.74) is 3.15. The zero-order valence-corrected chi connectivity index (χ0v) is 15.6. The topological polar surface area (TPSA) is 82.0 Å². The minimum atomic E-state index is -0.993. The molecule has 0 fully saturated rings. The van der Waals surface area contributed by atoms with Crippen molar-refractivity contribution in [2.45, 2.75) is 25.8 Å². The lowest BCUT2D eigenvalue weighted by Gasteiger charge is -2.18. The summed E-state index contributed by atoms with van der Waals surface area (Å²) < 4.78 is 0. The fourth-order valence-electron chi connectivity index (χ4n) is 2.91. The maximum absolute atomic E-state index is 12.6. The van der Waals surface area contributed by atoms with Crippen molar-refractivity contribution in [1.29, 1.82) is 0 Å². The number of carbonyl (C=O) groups excluding carboxylic acids is 1. The molecule has 1 aliphatic heterocycles. The summed E-state index contributed by atoms with van der Waals surface area (Å²) in [7, 11) is 0. The molecular formula is C20H20ClN3O3. The zero-order chi connectivity index (χ0) is 19.4. The molecule has 1 amide bonds. The molecule has 2 N–H and O–H groups in total. The van der Waals surface area contributed by atoms with E-state index in [1.54, 1.807) is 36.4 Å². The lowest BCUT2D eigenvalue weighted by molar-refractivity contribution is -0.137. The van der Waals surface area contributed by atoms with Crippen molar-refractivity contribution < 1.29 is 14.7 Å². The van der Waals surface area contributed by atoms with Gasteiger partial charge in [-0.2, -0.15) is 5.10 Å². The van der Waals surface area contributed by atoms with E-state index in [1.165, 1.54) is 0 Å². The number of nitrogens with one attached hydrogen (secondary N) is 1. The zero-order valence-electron chi connectivity index (χ0n) is 14.9. The Morgan fingerprint density at radius 1 is 1.19 bits per heavy atom. The number of rotatable bonds is 6. The number of hydrazone groups is 1. The van der Waals surface area contributed by atoms with Crippen molar-refractivity contribution in [3.8, 4) is 0 Å². The molecule has 0 saturated carbocycles. The standard InChI is InChI=1S/C20H20ClN3O3/c1-13-10-11-24(23-13)17-8-4-15(5-9-17)20(27)22-18(12-19(25)26)14-2-6-16(21)7-3-14/h2-9,18H,10-12H2,1H3,(H,22,27)(H,25,26)/t18-/m0/s1. The number of halogens is 1. The predicted molar refractivity (Wildman–Crippen MR) is 105 cm³/mol. The van der Waals surface area contributed by atoms with E-state index in [0.717, 1.165) is 24.4 Å². The Balaban J connectivity index is 1.73. The lowest BCUT2D eigenvalue weighted by atomic mass is 10.0. The van der Waals surface area contributed by atoms with Crippen molar-refractivity contribution in [2.24, 2.45) is 5.10 Å². The Kier molecular flexibility index (Phi) is 5.76. The SMILES string of the molecule is CC1=NN(c2ccc(C(=O)N[C@@H](CC(=O)O)c3ccc(Cl)cc3)cc2)CC1. The molecule has 7 heteroatoms. The van der Waals surface area contributed by atoms with Crippen molar-refractivity contribution in [3.05, 3.63) is 64.7 Å². The molecule has 1 aliphatic rings. The molecule has 0 radical (unpaired) electrons. The molecule has 0 spiro atoms. The summed E-state index contributed by atoms with van der Waals surface area (Å²) in [6.07, 6.45) is 0.716. The average Bonchev–Trinajstić information content (AvgIpc) is 3.08. The van der Waals surface area contributed by atoms with Crippen molar-refractivity contribution in [3.63, 3.8) is 0 Å². The molecule has 0 unspecified atom stereocenters. The van der Waals surface area contributed by atoms with Gasteiger partial charge in [0.15, 0.2) is 0 Å². The molecule has 1 heterocycles. The number of amides is 1. The van der Waals surface area contributed by atoms with Gasteiger partial charge in [-0.1, -0.05) is 23.7 Å². The maximum Gasteiger partial charge on any atom is 0.305 e. The van der Waals surface area contributed by atoms with Crippen LogP contribution in [0.4, 0.5) is 5.69 Å². The highest BCUT2D eigenvalue weighted by Crippen LogP contribution is 2.22. The van der Waals surface area contributed by atoms with Gasteiger partial charge >= 0.3 is 5.97 Å². The Morgan fingerprint density at radius 3 is 2.41 bits per heavy atom. The highest BCUT2D eigenvalue weighted by atomic mass is 35.5. The molecule has 2 aromatic carbocycles. The summed E-state index contributed by atoms with van der Waals surface area (Å²) in [6.45, 7) is 2.82. The van der Waals surface area contributed by atoms with Gasteiger partial charge in [0.25, 0.3) is 5.91 Å². The molecule has 27 heavy (non-hydrogen) atoms. The molecule has 0 saturated heterocycles. The summed E-state index contributed by atoms with van der Waals surface area (Å²) in [5.74, 6) is -1.32. The average molecular weight is 386 g/mol. The van der Waals surface area contributed by atoms with E-state index in [1.807, 2.05) is 24.1 Å². The number of anilines is 1. The number of benzene rings is 2. The predicted octanol–water partition coefficient (Wildman–Crippen LogP) is 3.87. The van der Waals surface area contributed by atoms with Gasteiger partial charge in [-0.25, -0.2) is 0 Å².